The Balaban J connectivity index is 5.26. The summed E-state index contributed by atoms with van der Waals surface area (Å²) in [5, 5.41) is 10.6. The summed E-state index contributed by atoms with van der Waals surface area (Å²) in [6, 6.07) is 0. The zero-order valence-electron chi connectivity index (χ0n) is 64.3. The molecule has 0 saturated carbocycles. The molecule has 0 radical (unpaired) electrons. The number of aliphatic hydroxyl groups is 1. The number of carbonyl (C=O) groups is 4. The molecule has 0 aliphatic rings. The molecule has 0 saturated heterocycles. The largest absolute Gasteiger partial charge is 0.472 e. The number of hydrogen-bond acceptors (Lipinski definition) is 15. The highest BCUT2D eigenvalue weighted by Crippen LogP contribution is 2.45. The van der Waals surface area contributed by atoms with Gasteiger partial charge in [-0.25, -0.2) is 9.13 Å². The van der Waals surface area contributed by atoms with E-state index in [0.717, 1.165) is 108 Å². The van der Waals surface area contributed by atoms with Gasteiger partial charge in [0.15, 0.2) is 12.2 Å². The van der Waals surface area contributed by atoms with Crippen LogP contribution in [0.4, 0.5) is 0 Å². The van der Waals surface area contributed by atoms with Crippen LogP contribution in [0, 0.1) is 17.8 Å². The lowest BCUT2D eigenvalue weighted by molar-refractivity contribution is -0.161. The van der Waals surface area contributed by atoms with E-state index in [1.165, 1.54) is 218 Å². The maximum Gasteiger partial charge on any atom is 0.472 e. The highest BCUT2D eigenvalue weighted by Gasteiger charge is 2.30. The van der Waals surface area contributed by atoms with Crippen molar-refractivity contribution in [2.45, 2.75) is 426 Å². The average Bonchev–Trinajstić information content (AvgIpc) is 1.09. The van der Waals surface area contributed by atoms with Crippen LogP contribution in [-0.2, 0) is 65.4 Å². The predicted molar refractivity (Wildman–Crippen MR) is 400 cm³/mol. The third kappa shape index (κ3) is 72.4. The van der Waals surface area contributed by atoms with E-state index >= 15 is 0 Å². The number of unbranched alkanes of at least 4 members (excludes halogenated alkanes) is 45. The van der Waals surface area contributed by atoms with Gasteiger partial charge in [0.1, 0.15) is 19.3 Å². The van der Waals surface area contributed by atoms with Gasteiger partial charge in [0.2, 0.25) is 0 Å². The van der Waals surface area contributed by atoms with Gasteiger partial charge in [-0.3, -0.25) is 37.3 Å². The molecule has 582 valence electrons. The van der Waals surface area contributed by atoms with Crippen LogP contribution in [-0.4, -0.2) is 96.7 Å². The molecule has 0 rings (SSSR count). The van der Waals surface area contributed by atoms with Gasteiger partial charge in [-0.2, -0.15) is 0 Å². The van der Waals surface area contributed by atoms with E-state index in [4.69, 9.17) is 37.0 Å². The number of aliphatic hydroxyl groups excluding tert-OH is 1. The molecule has 98 heavy (non-hydrogen) atoms. The Morgan fingerprint density at radius 1 is 0.276 bits per heavy atom. The van der Waals surface area contributed by atoms with Gasteiger partial charge in [-0.05, 0) is 43.4 Å². The average molecular weight is 1440 g/mol. The quantitative estimate of drug-likeness (QED) is 0.0222. The monoisotopic (exact) mass is 1440 g/mol. The molecule has 0 heterocycles. The third-order valence-corrected chi connectivity index (χ3v) is 20.3. The topological polar surface area (TPSA) is 237 Å². The molecule has 0 aromatic heterocycles. The minimum atomic E-state index is -4.96. The van der Waals surface area contributed by atoms with Crippen molar-refractivity contribution in [2.75, 3.05) is 39.6 Å². The number of esters is 4. The van der Waals surface area contributed by atoms with Crippen LogP contribution in [0.1, 0.15) is 408 Å². The van der Waals surface area contributed by atoms with Crippen molar-refractivity contribution in [1.82, 2.24) is 0 Å². The van der Waals surface area contributed by atoms with Crippen LogP contribution < -0.4 is 0 Å². The fraction of sp³-hybridized carbons (Fsp3) is 0.949. The first-order valence-corrected chi connectivity index (χ1v) is 43.8. The van der Waals surface area contributed by atoms with E-state index in [1.807, 2.05) is 0 Å². The van der Waals surface area contributed by atoms with E-state index in [9.17, 15) is 43.2 Å². The summed E-state index contributed by atoms with van der Waals surface area (Å²) in [7, 11) is -9.92. The van der Waals surface area contributed by atoms with Crippen LogP contribution in [0.5, 0.6) is 0 Å². The molecule has 0 aromatic carbocycles. The number of ether oxygens (including phenoxy) is 4. The summed E-state index contributed by atoms with van der Waals surface area (Å²) in [4.78, 5) is 73.0. The molecular formula is C79H154O17P2. The lowest BCUT2D eigenvalue weighted by Crippen LogP contribution is -2.30. The molecule has 0 aromatic rings. The second kappa shape index (κ2) is 69.4. The van der Waals surface area contributed by atoms with Crippen molar-refractivity contribution < 1.29 is 80.2 Å². The van der Waals surface area contributed by atoms with Crippen LogP contribution >= 0.6 is 15.6 Å². The highest BCUT2D eigenvalue weighted by molar-refractivity contribution is 7.47. The number of phosphoric acid groups is 2. The first-order valence-electron chi connectivity index (χ1n) is 40.8. The SMILES string of the molecule is CCCCCCCCCCCCCCCCCC(=O)OC[C@H](COP(=O)(O)OC[C@@H](O)COP(=O)(O)OC[C@@H](COC(=O)CCCCCCCCCCCC(C)C)OC(=O)CCCCCCCCCCCCC(C)C)OC(=O)CCCCCCCCCCCCCCCCCC(C)C. The van der Waals surface area contributed by atoms with Crippen molar-refractivity contribution in [3.8, 4) is 0 Å². The molecule has 17 nitrogen and oxygen atoms in total. The summed E-state index contributed by atoms with van der Waals surface area (Å²) < 4.78 is 68.7. The zero-order valence-corrected chi connectivity index (χ0v) is 66.0. The summed E-state index contributed by atoms with van der Waals surface area (Å²) in [5.74, 6) is 0.186. The lowest BCUT2D eigenvalue weighted by Gasteiger charge is -2.21. The molecule has 0 fully saturated rings. The Morgan fingerprint density at radius 2 is 0.469 bits per heavy atom. The minimum Gasteiger partial charge on any atom is -0.462 e. The Kier molecular flexibility index (Phi) is 68.1. The van der Waals surface area contributed by atoms with Crippen molar-refractivity contribution in [3.63, 3.8) is 0 Å². The first kappa shape index (κ1) is 96.1. The Hall–Kier alpha value is -1.94. The molecule has 0 amide bonds. The fourth-order valence-corrected chi connectivity index (χ4v) is 13.7. The van der Waals surface area contributed by atoms with Crippen molar-refractivity contribution in [3.05, 3.63) is 0 Å². The molecule has 0 aliphatic carbocycles. The van der Waals surface area contributed by atoms with E-state index in [1.54, 1.807) is 0 Å². The predicted octanol–water partition coefficient (Wildman–Crippen LogP) is 23.4. The molecule has 0 bridgehead atoms. The van der Waals surface area contributed by atoms with Crippen molar-refractivity contribution in [2.24, 2.45) is 17.8 Å². The lowest BCUT2D eigenvalue weighted by atomic mass is 10.0. The van der Waals surface area contributed by atoms with Crippen LogP contribution in [0.25, 0.3) is 0 Å². The maximum atomic E-state index is 13.1. The fourth-order valence-electron chi connectivity index (χ4n) is 12.1. The van der Waals surface area contributed by atoms with Crippen LogP contribution in [0.2, 0.25) is 0 Å². The van der Waals surface area contributed by atoms with E-state index in [0.29, 0.717) is 25.7 Å². The standard InChI is InChI=1S/C79H154O17P2/c1-8-9-10-11-12-13-14-15-17-21-24-32-39-46-53-60-76(81)89-66-74(95-78(83)62-55-48-41-33-25-22-19-16-18-20-23-29-36-43-50-57-70(2)3)68-93-97(85,86)91-64-73(80)65-92-98(87,88)94-69-75(67-90-77(82)61-54-47-40-35-28-31-38-45-52-59-72(6)7)96-79(84)63-56-49-42-34-27-26-30-37-44-51-58-71(4)5/h70-75,80H,8-69H2,1-7H3,(H,85,86)(H,87,88)/t73-,74-,75-/m1/s1. The van der Waals surface area contributed by atoms with Gasteiger partial charge in [0.05, 0.1) is 26.4 Å². The van der Waals surface area contributed by atoms with Crippen LogP contribution in [0.15, 0.2) is 0 Å². The molecular weight excluding hydrogens is 1280 g/mol. The van der Waals surface area contributed by atoms with E-state index in [-0.39, 0.29) is 25.7 Å². The Bertz CT molecular complexity index is 1900. The second-order valence-corrected chi connectivity index (χ2v) is 32.8. The highest BCUT2D eigenvalue weighted by atomic mass is 31.2. The second-order valence-electron chi connectivity index (χ2n) is 29.9. The molecule has 0 spiro atoms. The van der Waals surface area contributed by atoms with Gasteiger partial charge in [0, 0.05) is 25.7 Å². The molecule has 3 N–H and O–H groups in total. The van der Waals surface area contributed by atoms with Crippen molar-refractivity contribution >= 4 is 39.5 Å². The smallest absolute Gasteiger partial charge is 0.462 e. The molecule has 5 atom stereocenters. The summed E-state index contributed by atoms with van der Waals surface area (Å²) >= 11 is 0. The van der Waals surface area contributed by atoms with Gasteiger partial charge < -0.3 is 33.8 Å². The Morgan fingerprint density at radius 3 is 0.694 bits per heavy atom. The Labute approximate surface area is 600 Å². The number of phosphoric ester groups is 2. The minimum absolute atomic E-state index is 0.106. The summed E-state index contributed by atoms with van der Waals surface area (Å²) in [6.45, 7) is 11.9. The van der Waals surface area contributed by atoms with Gasteiger partial charge in [0.25, 0.3) is 0 Å². The third-order valence-electron chi connectivity index (χ3n) is 18.4. The van der Waals surface area contributed by atoms with E-state index < -0.39 is 97.5 Å². The molecule has 19 heteroatoms. The number of rotatable bonds is 77. The van der Waals surface area contributed by atoms with Crippen molar-refractivity contribution in [1.29, 1.82) is 0 Å². The number of carbonyl (C=O) groups excluding carboxylic acids is 4. The van der Waals surface area contributed by atoms with Gasteiger partial charge >= 0.3 is 39.5 Å². The normalized spacial score (nSPS) is 14.0. The number of hydrogen-bond donors (Lipinski definition) is 3. The zero-order chi connectivity index (χ0) is 72.3. The van der Waals surface area contributed by atoms with Gasteiger partial charge in [-0.1, -0.05) is 357 Å². The maximum absolute atomic E-state index is 13.1. The summed E-state index contributed by atoms with van der Waals surface area (Å²) in [6.07, 6.45) is 56.8. The van der Waals surface area contributed by atoms with Crippen LogP contribution in [0.3, 0.4) is 0 Å². The molecule has 0 aliphatic heterocycles. The molecule has 2 unspecified atom stereocenters. The van der Waals surface area contributed by atoms with Gasteiger partial charge in [-0.15, -0.1) is 0 Å². The first-order chi connectivity index (χ1) is 47.2. The summed E-state index contributed by atoms with van der Waals surface area (Å²) in [5.41, 5.74) is 0. The van der Waals surface area contributed by atoms with E-state index in [2.05, 4.69) is 48.5 Å².